The lowest BCUT2D eigenvalue weighted by Gasteiger charge is -2.23. The highest BCUT2D eigenvalue weighted by atomic mass is 35.5. The maximum absolute atomic E-state index is 13.3. The van der Waals surface area contributed by atoms with Gasteiger partial charge in [-0.15, -0.1) is 0 Å². The highest BCUT2D eigenvalue weighted by molar-refractivity contribution is 7.89. The van der Waals surface area contributed by atoms with Gasteiger partial charge in [-0.25, -0.2) is 13.4 Å². The second-order valence-corrected chi connectivity index (χ2v) is 8.67. The van der Waals surface area contributed by atoms with Crippen LogP contribution in [0.4, 0.5) is 0 Å². The van der Waals surface area contributed by atoms with E-state index >= 15 is 0 Å². The summed E-state index contributed by atoms with van der Waals surface area (Å²) in [4.78, 5) is 4.64. The van der Waals surface area contributed by atoms with E-state index in [1.54, 1.807) is 29.6 Å². The van der Waals surface area contributed by atoms with E-state index in [0.717, 1.165) is 24.2 Å². The molecule has 0 spiro atoms. The molecule has 4 rings (SSSR count). The summed E-state index contributed by atoms with van der Waals surface area (Å²) in [5.41, 5.74) is 2.36. The molecule has 0 saturated heterocycles. The molecule has 1 saturated carbocycles. The fraction of sp³-hybridized carbons (Fsp3) is 0.278. The van der Waals surface area contributed by atoms with E-state index in [-0.39, 0.29) is 10.9 Å². The van der Waals surface area contributed by atoms with Gasteiger partial charge in [0, 0.05) is 17.3 Å². The van der Waals surface area contributed by atoms with E-state index in [1.165, 1.54) is 6.07 Å². The Kier molecular flexibility index (Phi) is 4.06. The molecule has 1 aromatic carbocycles. The molecule has 0 aliphatic heterocycles. The Labute approximate surface area is 151 Å². The van der Waals surface area contributed by atoms with E-state index < -0.39 is 10.0 Å². The van der Waals surface area contributed by atoms with E-state index in [2.05, 4.69) is 4.98 Å². The van der Waals surface area contributed by atoms with Gasteiger partial charge in [0.25, 0.3) is 0 Å². The number of aryl methyl sites for hydroxylation is 1. The molecule has 5 nitrogen and oxygen atoms in total. The van der Waals surface area contributed by atoms with Gasteiger partial charge in [-0.1, -0.05) is 23.7 Å². The number of hydrogen-bond acceptors (Lipinski definition) is 3. The Morgan fingerprint density at radius 1 is 1.28 bits per heavy atom. The molecule has 1 fully saturated rings. The first-order valence-corrected chi connectivity index (χ1v) is 9.97. The molecule has 25 heavy (non-hydrogen) atoms. The van der Waals surface area contributed by atoms with Gasteiger partial charge in [0.1, 0.15) is 5.65 Å². The molecular formula is C18H18ClN3O2S. The summed E-state index contributed by atoms with van der Waals surface area (Å²) in [7, 11) is -3.63. The largest absolute Gasteiger partial charge is 0.303 e. The molecular weight excluding hydrogens is 358 g/mol. The molecule has 0 bridgehead atoms. The smallest absolute Gasteiger partial charge is 0.243 e. The van der Waals surface area contributed by atoms with Gasteiger partial charge in [0.15, 0.2) is 0 Å². The Balaban J connectivity index is 1.75. The summed E-state index contributed by atoms with van der Waals surface area (Å²) in [6, 6.07) is 10.8. The minimum atomic E-state index is -3.63. The monoisotopic (exact) mass is 375 g/mol. The average Bonchev–Trinajstić information content (AvgIpc) is 3.35. The van der Waals surface area contributed by atoms with Crippen molar-refractivity contribution < 1.29 is 8.42 Å². The summed E-state index contributed by atoms with van der Waals surface area (Å²) in [6.45, 7) is 2.09. The molecule has 130 valence electrons. The van der Waals surface area contributed by atoms with Gasteiger partial charge in [-0.3, -0.25) is 0 Å². The van der Waals surface area contributed by atoms with E-state index in [0.29, 0.717) is 17.1 Å². The highest BCUT2D eigenvalue weighted by Crippen LogP contribution is 2.35. The Morgan fingerprint density at radius 2 is 2.08 bits per heavy atom. The van der Waals surface area contributed by atoms with Crippen molar-refractivity contribution in [3.63, 3.8) is 0 Å². The molecule has 1 aliphatic rings. The van der Waals surface area contributed by atoms with Crippen LogP contribution >= 0.6 is 11.6 Å². The Morgan fingerprint density at radius 3 is 2.84 bits per heavy atom. The van der Waals surface area contributed by atoms with Crippen molar-refractivity contribution >= 4 is 27.3 Å². The lowest BCUT2D eigenvalue weighted by atomic mass is 10.2. The molecule has 0 N–H and O–H groups in total. The van der Waals surface area contributed by atoms with Crippen LogP contribution in [0.5, 0.6) is 0 Å². The molecule has 0 radical (unpaired) electrons. The van der Waals surface area contributed by atoms with Gasteiger partial charge < -0.3 is 4.40 Å². The number of sulfonamides is 1. The number of nitrogens with zero attached hydrogens (tertiary/aromatic N) is 3. The molecule has 3 aromatic rings. The fourth-order valence-electron chi connectivity index (χ4n) is 3.01. The maximum atomic E-state index is 13.3. The maximum Gasteiger partial charge on any atom is 0.243 e. The number of rotatable bonds is 5. The molecule has 0 amide bonds. The minimum Gasteiger partial charge on any atom is -0.303 e. The van der Waals surface area contributed by atoms with Crippen LogP contribution in [0.2, 0.25) is 5.02 Å². The summed E-state index contributed by atoms with van der Waals surface area (Å²) >= 11 is 6.05. The summed E-state index contributed by atoms with van der Waals surface area (Å²) < 4.78 is 30.1. The lowest BCUT2D eigenvalue weighted by molar-refractivity contribution is 0.393. The van der Waals surface area contributed by atoms with Gasteiger partial charge >= 0.3 is 0 Å². The molecule has 1 aliphatic carbocycles. The second kappa shape index (κ2) is 6.12. The number of aromatic nitrogens is 2. The van der Waals surface area contributed by atoms with Crippen molar-refractivity contribution in [3.8, 4) is 0 Å². The van der Waals surface area contributed by atoms with Crippen molar-refractivity contribution in [2.24, 2.45) is 0 Å². The second-order valence-electron chi connectivity index (χ2n) is 6.37. The van der Waals surface area contributed by atoms with Crippen LogP contribution in [0.1, 0.15) is 24.1 Å². The van der Waals surface area contributed by atoms with Crippen LogP contribution in [-0.4, -0.2) is 28.1 Å². The molecule has 2 aromatic heterocycles. The topological polar surface area (TPSA) is 54.7 Å². The Bertz CT molecular complexity index is 1040. The Hall–Kier alpha value is -1.89. The van der Waals surface area contributed by atoms with E-state index in [4.69, 9.17) is 11.6 Å². The fourth-order valence-corrected chi connectivity index (χ4v) is 5.16. The molecule has 0 atom stereocenters. The van der Waals surface area contributed by atoms with Crippen molar-refractivity contribution in [1.82, 2.24) is 13.7 Å². The number of hydrogen-bond donors (Lipinski definition) is 0. The van der Waals surface area contributed by atoms with Crippen LogP contribution in [0.25, 0.3) is 5.65 Å². The number of pyridine rings is 1. The van der Waals surface area contributed by atoms with Crippen molar-refractivity contribution in [2.75, 3.05) is 0 Å². The standard InChI is InChI=1S/C18H18ClN3O2S/c1-13-5-6-14(19)10-17(13)25(23,24)22(15-7-8-15)12-16-11-20-18-4-2-3-9-21(16)18/h2-6,9-11,15H,7-8,12H2,1H3. The van der Waals surface area contributed by atoms with Gasteiger partial charge in [0.2, 0.25) is 10.0 Å². The van der Waals surface area contributed by atoms with E-state index in [1.807, 2.05) is 28.8 Å². The quantitative estimate of drug-likeness (QED) is 0.684. The summed E-state index contributed by atoms with van der Waals surface area (Å²) in [5, 5.41) is 0.426. The summed E-state index contributed by atoms with van der Waals surface area (Å²) in [6.07, 6.45) is 5.41. The van der Waals surface area contributed by atoms with Crippen molar-refractivity contribution in [2.45, 2.75) is 37.2 Å². The van der Waals surface area contributed by atoms with Crippen molar-refractivity contribution in [3.05, 3.63) is 65.1 Å². The molecule has 7 heteroatoms. The van der Waals surface area contributed by atoms with Gasteiger partial charge in [-0.2, -0.15) is 4.31 Å². The van der Waals surface area contributed by atoms with Gasteiger partial charge in [0.05, 0.1) is 23.3 Å². The number of fused-ring (bicyclic) bond motifs is 1. The van der Waals surface area contributed by atoms with Crippen LogP contribution < -0.4 is 0 Å². The third-order valence-corrected chi connectivity index (χ3v) is 6.78. The lowest BCUT2D eigenvalue weighted by Crippen LogP contribution is -2.33. The number of halogens is 1. The first kappa shape index (κ1) is 16.6. The zero-order chi connectivity index (χ0) is 17.6. The summed E-state index contributed by atoms with van der Waals surface area (Å²) in [5.74, 6) is 0. The van der Waals surface area contributed by atoms with Crippen LogP contribution in [-0.2, 0) is 16.6 Å². The molecule has 0 unspecified atom stereocenters. The molecule has 2 heterocycles. The van der Waals surface area contributed by atoms with E-state index in [9.17, 15) is 8.42 Å². The van der Waals surface area contributed by atoms with Crippen LogP contribution in [0.3, 0.4) is 0 Å². The highest BCUT2D eigenvalue weighted by Gasteiger charge is 2.39. The van der Waals surface area contributed by atoms with Gasteiger partial charge in [-0.05, 0) is 49.6 Å². The number of benzene rings is 1. The zero-order valence-corrected chi connectivity index (χ0v) is 15.3. The zero-order valence-electron chi connectivity index (χ0n) is 13.8. The van der Waals surface area contributed by atoms with Crippen molar-refractivity contribution in [1.29, 1.82) is 0 Å². The normalized spacial score (nSPS) is 15.2. The first-order valence-electron chi connectivity index (χ1n) is 8.16. The predicted molar refractivity (Wildman–Crippen MR) is 97.1 cm³/mol. The van der Waals surface area contributed by atoms with Crippen LogP contribution in [0, 0.1) is 6.92 Å². The third kappa shape index (κ3) is 3.05. The number of imidazole rings is 1. The average molecular weight is 376 g/mol. The third-order valence-electron chi connectivity index (χ3n) is 4.50. The first-order chi connectivity index (χ1) is 12.0. The van der Waals surface area contributed by atoms with Crippen LogP contribution in [0.15, 0.2) is 53.7 Å². The minimum absolute atomic E-state index is 0.0395. The SMILES string of the molecule is Cc1ccc(Cl)cc1S(=O)(=O)N(Cc1cnc2ccccn12)C1CC1. The predicted octanol–water partition coefficient (Wildman–Crippen LogP) is 3.65.